The monoisotopic (exact) mass is 267 g/mol. The summed E-state index contributed by atoms with van der Waals surface area (Å²) < 4.78 is 0. The molecule has 0 fully saturated rings. The predicted molar refractivity (Wildman–Crippen MR) is 77.0 cm³/mol. The van der Waals surface area contributed by atoms with Gasteiger partial charge in [0.25, 0.3) is 5.91 Å². The van der Waals surface area contributed by atoms with E-state index >= 15 is 0 Å². The van der Waals surface area contributed by atoms with Crippen LogP contribution in [0, 0.1) is 0 Å². The van der Waals surface area contributed by atoms with Crippen LogP contribution in [0.25, 0.3) is 0 Å². The van der Waals surface area contributed by atoms with Crippen LogP contribution in [-0.4, -0.2) is 15.9 Å². The molecule has 0 saturated heterocycles. The smallest absolute Gasteiger partial charge is 0.257 e. The van der Waals surface area contributed by atoms with Crippen molar-refractivity contribution in [2.24, 2.45) is 0 Å². The molecule has 1 heterocycles. The second-order valence-electron chi connectivity index (χ2n) is 5.33. The minimum Gasteiger partial charge on any atom is -0.367 e. The van der Waals surface area contributed by atoms with Crippen molar-refractivity contribution in [2.45, 2.75) is 25.6 Å². The molecular formula is C17H17NO2. The van der Waals surface area contributed by atoms with Gasteiger partial charge in [0.15, 0.2) is 5.72 Å². The maximum Gasteiger partial charge on any atom is 0.257 e. The van der Waals surface area contributed by atoms with Crippen molar-refractivity contribution >= 4 is 5.91 Å². The summed E-state index contributed by atoms with van der Waals surface area (Å²) in [5.74, 6) is -0.123. The second-order valence-corrected chi connectivity index (χ2v) is 5.33. The molecule has 2 aromatic rings. The van der Waals surface area contributed by atoms with Crippen molar-refractivity contribution in [1.82, 2.24) is 4.90 Å². The highest BCUT2D eigenvalue weighted by molar-refractivity contribution is 5.99. The van der Waals surface area contributed by atoms with Crippen LogP contribution in [0.5, 0.6) is 0 Å². The summed E-state index contributed by atoms with van der Waals surface area (Å²) in [6.07, 6.45) is 0. The summed E-state index contributed by atoms with van der Waals surface area (Å²) >= 11 is 0. The quantitative estimate of drug-likeness (QED) is 0.908. The average Bonchev–Trinajstić information content (AvgIpc) is 2.67. The Morgan fingerprint density at radius 1 is 1.05 bits per heavy atom. The Bertz CT molecular complexity index is 649. The molecule has 3 heteroatoms. The number of rotatable bonds is 2. The first-order valence-electron chi connectivity index (χ1n) is 6.74. The Morgan fingerprint density at radius 2 is 1.65 bits per heavy atom. The second kappa shape index (κ2) is 4.46. The average molecular weight is 267 g/mol. The summed E-state index contributed by atoms with van der Waals surface area (Å²) in [4.78, 5) is 14.1. The van der Waals surface area contributed by atoms with Crippen LogP contribution in [0.3, 0.4) is 0 Å². The zero-order valence-electron chi connectivity index (χ0n) is 11.6. The molecule has 0 bridgehead atoms. The van der Waals surface area contributed by atoms with E-state index in [1.54, 1.807) is 17.9 Å². The highest BCUT2D eigenvalue weighted by Crippen LogP contribution is 2.42. The van der Waals surface area contributed by atoms with Gasteiger partial charge in [0, 0.05) is 11.1 Å². The highest BCUT2D eigenvalue weighted by atomic mass is 16.3. The normalized spacial score (nSPS) is 22.8. The van der Waals surface area contributed by atoms with E-state index in [-0.39, 0.29) is 11.9 Å². The molecule has 20 heavy (non-hydrogen) atoms. The number of fused-ring (bicyclic) bond motifs is 1. The lowest BCUT2D eigenvalue weighted by Crippen LogP contribution is -2.42. The fourth-order valence-electron chi connectivity index (χ4n) is 2.97. The fraction of sp³-hybridized carbons (Fsp3) is 0.235. The van der Waals surface area contributed by atoms with E-state index in [1.165, 1.54) is 0 Å². The van der Waals surface area contributed by atoms with Crippen LogP contribution in [0.1, 0.15) is 41.4 Å². The van der Waals surface area contributed by atoms with Crippen LogP contribution in [0.15, 0.2) is 54.6 Å². The summed E-state index contributed by atoms with van der Waals surface area (Å²) in [7, 11) is 0. The Balaban J connectivity index is 2.06. The first-order chi connectivity index (χ1) is 9.53. The van der Waals surface area contributed by atoms with E-state index in [0.29, 0.717) is 11.1 Å². The summed E-state index contributed by atoms with van der Waals surface area (Å²) in [6.45, 7) is 3.61. The van der Waals surface area contributed by atoms with Gasteiger partial charge in [-0.25, -0.2) is 0 Å². The molecule has 2 aromatic carbocycles. The largest absolute Gasteiger partial charge is 0.367 e. The maximum atomic E-state index is 12.6. The first kappa shape index (κ1) is 12.9. The van der Waals surface area contributed by atoms with Gasteiger partial charge in [0.2, 0.25) is 0 Å². The lowest BCUT2D eigenvalue weighted by atomic mass is 10.0. The Kier molecular flexibility index (Phi) is 2.87. The highest BCUT2D eigenvalue weighted by Gasteiger charge is 2.47. The third kappa shape index (κ3) is 1.74. The summed E-state index contributed by atoms with van der Waals surface area (Å²) in [5, 5.41) is 10.8. The summed E-state index contributed by atoms with van der Waals surface area (Å²) in [5.41, 5.74) is 0.991. The Hall–Kier alpha value is -2.13. The van der Waals surface area contributed by atoms with E-state index in [1.807, 2.05) is 55.5 Å². The van der Waals surface area contributed by atoms with Crippen molar-refractivity contribution in [1.29, 1.82) is 0 Å². The molecule has 0 aliphatic carbocycles. The molecule has 0 aromatic heterocycles. The van der Waals surface area contributed by atoms with Crippen LogP contribution >= 0.6 is 0 Å². The van der Waals surface area contributed by atoms with Crippen LogP contribution < -0.4 is 0 Å². The van der Waals surface area contributed by atoms with Gasteiger partial charge >= 0.3 is 0 Å². The number of nitrogens with zero attached hydrogens (tertiary/aromatic N) is 1. The van der Waals surface area contributed by atoms with Gasteiger partial charge in [-0.05, 0) is 25.5 Å². The van der Waals surface area contributed by atoms with Gasteiger partial charge < -0.3 is 5.11 Å². The molecule has 1 N–H and O–H groups in total. The Morgan fingerprint density at radius 3 is 2.30 bits per heavy atom. The molecule has 0 spiro atoms. The van der Waals surface area contributed by atoms with Gasteiger partial charge in [-0.3, -0.25) is 9.69 Å². The van der Waals surface area contributed by atoms with Crippen molar-refractivity contribution in [3.05, 3.63) is 71.3 Å². The number of benzene rings is 2. The zero-order chi connectivity index (χ0) is 14.3. The van der Waals surface area contributed by atoms with Crippen LogP contribution in [0.2, 0.25) is 0 Å². The molecule has 1 amide bonds. The number of hydrogen-bond acceptors (Lipinski definition) is 2. The van der Waals surface area contributed by atoms with Crippen LogP contribution in [-0.2, 0) is 5.72 Å². The van der Waals surface area contributed by atoms with E-state index in [0.717, 1.165) is 5.56 Å². The fourth-order valence-corrected chi connectivity index (χ4v) is 2.97. The van der Waals surface area contributed by atoms with E-state index < -0.39 is 5.72 Å². The number of aliphatic hydroxyl groups is 1. The maximum absolute atomic E-state index is 12.6. The van der Waals surface area contributed by atoms with Gasteiger partial charge in [-0.1, -0.05) is 48.5 Å². The van der Waals surface area contributed by atoms with Crippen molar-refractivity contribution in [2.75, 3.05) is 0 Å². The van der Waals surface area contributed by atoms with Gasteiger partial charge in [-0.15, -0.1) is 0 Å². The topological polar surface area (TPSA) is 40.5 Å². The molecule has 0 saturated carbocycles. The van der Waals surface area contributed by atoms with E-state index in [2.05, 4.69) is 0 Å². The molecule has 2 atom stereocenters. The van der Waals surface area contributed by atoms with E-state index in [4.69, 9.17) is 0 Å². The lowest BCUT2D eigenvalue weighted by Gasteiger charge is -2.36. The van der Waals surface area contributed by atoms with Crippen molar-refractivity contribution in [3.63, 3.8) is 0 Å². The number of amides is 1. The lowest BCUT2D eigenvalue weighted by molar-refractivity contribution is -0.0856. The third-order valence-corrected chi connectivity index (χ3v) is 4.02. The molecule has 3 rings (SSSR count). The molecule has 0 unspecified atom stereocenters. The van der Waals surface area contributed by atoms with Crippen molar-refractivity contribution < 1.29 is 9.90 Å². The van der Waals surface area contributed by atoms with Gasteiger partial charge in [0.1, 0.15) is 0 Å². The summed E-state index contributed by atoms with van der Waals surface area (Å²) in [6, 6.07) is 16.8. The minimum atomic E-state index is -1.27. The van der Waals surface area contributed by atoms with Crippen molar-refractivity contribution in [3.8, 4) is 0 Å². The molecule has 102 valence electrons. The van der Waals surface area contributed by atoms with E-state index in [9.17, 15) is 9.90 Å². The molecule has 3 nitrogen and oxygen atoms in total. The minimum absolute atomic E-state index is 0.123. The number of carbonyl (C=O) groups is 1. The number of hydrogen-bond donors (Lipinski definition) is 1. The van der Waals surface area contributed by atoms with Crippen LogP contribution in [0.4, 0.5) is 0 Å². The van der Waals surface area contributed by atoms with Gasteiger partial charge in [-0.2, -0.15) is 0 Å². The standard InChI is InChI=1S/C17H17NO2/c1-12(13-8-4-3-5-9-13)18-16(19)14-10-6-7-11-15(14)17(18,2)20/h3-12,20H,1-2H3/t12-,17+/m0/s1. The Labute approximate surface area is 118 Å². The zero-order valence-corrected chi connectivity index (χ0v) is 11.6. The third-order valence-electron chi connectivity index (χ3n) is 4.02. The predicted octanol–water partition coefficient (Wildman–Crippen LogP) is 3.07. The molecular weight excluding hydrogens is 250 g/mol. The molecule has 1 aliphatic heterocycles. The van der Waals surface area contributed by atoms with Gasteiger partial charge in [0.05, 0.1) is 6.04 Å². The number of carbonyl (C=O) groups excluding carboxylic acids is 1. The first-order valence-corrected chi connectivity index (χ1v) is 6.74. The molecule has 0 radical (unpaired) electrons. The molecule has 1 aliphatic rings. The SMILES string of the molecule is C[C@@H](c1ccccc1)N1C(=O)c2ccccc2[C@@]1(C)O.